The predicted octanol–water partition coefficient (Wildman–Crippen LogP) is 2.17. The maximum atomic E-state index is 5.66. The summed E-state index contributed by atoms with van der Waals surface area (Å²) in [6.07, 6.45) is 1.40. The van der Waals surface area contributed by atoms with Crippen LogP contribution in [0, 0.1) is 13.8 Å². The van der Waals surface area contributed by atoms with E-state index in [0.717, 1.165) is 11.3 Å². The molecule has 0 radical (unpaired) electrons. The number of anilines is 1. The summed E-state index contributed by atoms with van der Waals surface area (Å²) in [7, 11) is 0. The average Bonchev–Trinajstić information content (AvgIpc) is 2.33. The first-order valence-corrected chi connectivity index (χ1v) is 5.23. The number of ether oxygens (including phenoxy) is 1. The first-order chi connectivity index (χ1) is 8.19. The zero-order valence-corrected chi connectivity index (χ0v) is 9.77. The van der Waals surface area contributed by atoms with Crippen molar-refractivity contribution in [1.29, 1.82) is 0 Å². The Balaban J connectivity index is 2.25. The number of rotatable bonds is 3. The molecule has 5 nitrogen and oxygen atoms in total. The van der Waals surface area contributed by atoms with Crippen LogP contribution in [0.15, 0.2) is 30.6 Å². The summed E-state index contributed by atoms with van der Waals surface area (Å²) >= 11 is 0. The molecule has 0 amide bonds. The molecule has 0 atom stereocenters. The Morgan fingerprint density at radius 3 is 2.71 bits per heavy atom. The molecule has 0 saturated heterocycles. The quantitative estimate of drug-likeness (QED) is 0.624. The highest BCUT2D eigenvalue weighted by Gasteiger charge is 2.03. The normalized spacial score (nSPS) is 10.1. The number of nitrogens with zero attached hydrogens (tertiary/aromatic N) is 2. The summed E-state index contributed by atoms with van der Waals surface area (Å²) in [6.45, 7) is 4.03. The van der Waals surface area contributed by atoms with Crippen LogP contribution in [0.4, 0.5) is 5.82 Å². The molecule has 0 unspecified atom stereocenters. The number of hydrogen-bond donors (Lipinski definition) is 2. The van der Waals surface area contributed by atoms with Gasteiger partial charge in [-0.1, -0.05) is 17.7 Å². The van der Waals surface area contributed by atoms with Gasteiger partial charge in [-0.2, -0.15) is 0 Å². The van der Waals surface area contributed by atoms with Crippen LogP contribution in [0.25, 0.3) is 0 Å². The number of aromatic nitrogens is 2. The summed E-state index contributed by atoms with van der Waals surface area (Å²) < 4.78 is 5.66. The minimum Gasteiger partial charge on any atom is -0.439 e. The standard InChI is InChI=1S/C12H14N4O/c1-8-3-4-10(9(2)5-8)17-12-6-11(16-13)14-7-15-12/h3-7H,13H2,1-2H3,(H,14,15,16). The number of hydrogen-bond acceptors (Lipinski definition) is 5. The van der Waals surface area contributed by atoms with Gasteiger partial charge >= 0.3 is 0 Å². The molecule has 0 aliphatic carbocycles. The third kappa shape index (κ3) is 2.70. The van der Waals surface area contributed by atoms with Crippen LogP contribution in [-0.2, 0) is 0 Å². The average molecular weight is 230 g/mol. The zero-order chi connectivity index (χ0) is 12.3. The highest BCUT2D eigenvalue weighted by molar-refractivity contribution is 5.41. The molecule has 0 spiro atoms. The van der Waals surface area contributed by atoms with Gasteiger partial charge in [0.1, 0.15) is 17.9 Å². The molecule has 2 aromatic rings. The van der Waals surface area contributed by atoms with E-state index in [-0.39, 0.29) is 0 Å². The van der Waals surface area contributed by atoms with E-state index in [0.29, 0.717) is 11.7 Å². The van der Waals surface area contributed by atoms with Crippen molar-refractivity contribution in [2.45, 2.75) is 13.8 Å². The molecule has 17 heavy (non-hydrogen) atoms. The smallest absolute Gasteiger partial charge is 0.224 e. The van der Waals surface area contributed by atoms with E-state index < -0.39 is 0 Å². The fourth-order valence-electron chi connectivity index (χ4n) is 1.50. The van der Waals surface area contributed by atoms with E-state index in [1.807, 2.05) is 26.0 Å². The van der Waals surface area contributed by atoms with Crippen LogP contribution in [-0.4, -0.2) is 9.97 Å². The minimum absolute atomic E-state index is 0.458. The third-order valence-electron chi connectivity index (χ3n) is 2.33. The van der Waals surface area contributed by atoms with Crippen molar-refractivity contribution in [2.75, 3.05) is 5.43 Å². The van der Waals surface area contributed by atoms with Gasteiger partial charge in [0.25, 0.3) is 0 Å². The Labute approximate surface area is 99.6 Å². The Morgan fingerprint density at radius 1 is 1.18 bits per heavy atom. The largest absolute Gasteiger partial charge is 0.439 e. The van der Waals surface area contributed by atoms with Crippen molar-refractivity contribution in [1.82, 2.24) is 9.97 Å². The predicted molar refractivity (Wildman–Crippen MR) is 65.8 cm³/mol. The molecule has 0 aliphatic heterocycles. The molecule has 0 bridgehead atoms. The van der Waals surface area contributed by atoms with Crippen molar-refractivity contribution in [3.8, 4) is 11.6 Å². The summed E-state index contributed by atoms with van der Waals surface area (Å²) in [6, 6.07) is 7.60. The third-order valence-corrected chi connectivity index (χ3v) is 2.33. The van der Waals surface area contributed by atoms with E-state index in [1.54, 1.807) is 6.07 Å². The van der Waals surface area contributed by atoms with Crippen LogP contribution >= 0.6 is 0 Å². The van der Waals surface area contributed by atoms with Crippen molar-refractivity contribution in [3.63, 3.8) is 0 Å². The lowest BCUT2D eigenvalue weighted by molar-refractivity contribution is 0.458. The lowest BCUT2D eigenvalue weighted by Crippen LogP contribution is -2.08. The SMILES string of the molecule is Cc1ccc(Oc2cc(NN)ncn2)c(C)c1. The van der Waals surface area contributed by atoms with Gasteiger partial charge in [0.15, 0.2) is 0 Å². The lowest BCUT2D eigenvalue weighted by atomic mass is 10.1. The van der Waals surface area contributed by atoms with Gasteiger partial charge in [-0.15, -0.1) is 0 Å². The van der Waals surface area contributed by atoms with Gasteiger partial charge < -0.3 is 10.2 Å². The fourth-order valence-corrected chi connectivity index (χ4v) is 1.50. The van der Waals surface area contributed by atoms with Crippen LogP contribution in [0.2, 0.25) is 0 Å². The second-order valence-corrected chi connectivity index (χ2v) is 3.76. The highest BCUT2D eigenvalue weighted by atomic mass is 16.5. The molecule has 0 aliphatic rings. The summed E-state index contributed by atoms with van der Waals surface area (Å²) in [5.74, 6) is 7.01. The molecule has 1 aromatic carbocycles. The number of aryl methyl sites for hydroxylation is 2. The van der Waals surface area contributed by atoms with Gasteiger partial charge in [0.05, 0.1) is 0 Å². The molecule has 88 valence electrons. The Morgan fingerprint density at radius 2 is 2.00 bits per heavy atom. The molecule has 3 N–H and O–H groups in total. The van der Waals surface area contributed by atoms with Crippen LogP contribution in [0.1, 0.15) is 11.1 Å². The van der Waals surface area contributed by atoms with Crippen molar-refractivity contribution < 1.29 is 4.74 Å². The second kappa shape index (κ2) is 4.80. The molecule has 0 fully saturated rings. The minimum atomic E-state index is 0.458. The molecule has 0 saturated carbocycles. The summed E-state index contributed by atoms with van der Waals surface area (Å²) in [4.78, 5) is 7.93. The molecule has 2 rings (SSSR count). The topological polar surface area (TPSA) is 73.1 Å². The number of nitrogen functional groups attached to an aromatic ring is 1. The van der Waals surface area contributed by atoms with E-state index in [1.165, 1.54) is 11.9 Å². The van der Waals surface area contributed by atoms with E-state index in [9.17, 15) is 0 Å². The van der Waals surface area contributed by atoms with Gasteiger partial charge in [-0.3, -0.25) is 0 Å². The summed E-state index contributed by atoms with van der Waals surface area (Å²) in [5.41, 5.74) is 4.70. The van der Waals surface area contributed by atoms with Gasteiger partial charge in [0, 0.05) is 6.07 Å². The number of nitrogens with one attached hydrogen (secondary N) is 1. The Bertz CT molecular complexity index is 528. The van der Waals surface area contributed by atoms with Crippen LogP contribution < -0.4 is 16.0 Å². The molecular formula is C12H14N4O. The molecule has 5 heteroatoms. The molecule has 1 aromatic heterocycles. The van der Waals surface area contributed by atoms with E-state index in [4.69, 9.17) is 10.6 Å². The lowest BCUT2D eigenvalue weighted by Gasteiger charge is -2.08. The number of hydrazine groups is 1. The monoisotopic (exact) mass is 230 g/mol. The maximum absolute atomic E-state index is 5.66. The van der Waals surface area contributed by atoms with E-state index >= 15 is 0 Å². The summed E-state index contributed by atoms with van der Waals surface area (Å²) in [5, 5.41) is 0. The van der Waals surface area contributed by atoms with Gasteiger partial charge in [-0.25, -0.2) is 15.8 Å². The number of benzene rings is 1. The molecular weight excluding hydrogens is 216 g/mol. The second-order valence-electron chi connectivity index (χ2n) is 3.76. The van der Waals surface area contributed by atoms with Gasteiger partial charge in [0.2, 0.25) is 5.88 Å². The van der Waals surface area contributed by atoms with Crippen molar-refractivity contribution in [3.05, 3.63) is 41.7 Å². The zero-order valence-electron chi connectivity index (χ0n) is 9.77. The Hall–Kier alpha value is -2.14. The maximum Gasteiger partial charge on any atom is 0.224 e. The van der Waals surface area contributed by atoms with Gasteiger partial charge in [-0.05, 0) is 25.5 Å². The highest BCUT2D eigenvalue weighted by Crippen LogP contribution is 2.24. The van der Waals surface area contributed by atoms with E-state index in [2.05, 4.69) is 21.5 Å². The fraction of sp³-hybridized carbons (Fsp3) is 0.167. The van der Waals surface area contributed by atoms with Crippen molar-refractivity contribution >= 4 is 5.82 Å². The van der Waals surface area contributed by atoms with Crippen LogP contribution in [0.3, 0.4) is 0 Å². The first-order valence-electron chi connectivity index (χ1n) is 5.23. The first kappa shape index (κ1) is 11.3. The van der Waals surface area contributed by atoms with Crippen molar-refractivity contribution in [2.24, 2.45) is 5.84 Å². The number of nitrogens with two attached hydrogens (primary N) is 1. The molecule has 1 heterocycles. The Kier molecular flexibility index (Phi) is 3.20. The van der Waals surface area contributed by atoms with Crippen LogP contribution in [0.5, 0.6) is 11.6 Å².